The number of nitrogens with zero attached hydrogens (tertiary/aromatic N) is 1. The van der Waals surface area contributed by atoms with Crippen molar-refractivity contribution in [3.05, 3.63) is 59.2 Å². The fourth-order valence-electron chi connectivity index (χ4n) is 3.71. The molecule has 8 nitrogen and oxygen atoms in total. The molecule has 0 spiro atoms. The summed E-state index contributed by atoms with van der Waals surface area (Å²) in [6.45, 7) is 8.60. The Morgan fingerprint density at radius 1 is 0.971 bits per heavy atom. The maximum Gasteiger partial charge on any atom is 0.410 e. The highest BCUT2D eigenvalue weighted by atomic mass is 32.2. The van der Waals surface area contributed by atoms with Crippen LogP contribution >= 0.6 is 0 Å². The molecule has 0 saturated heterocycles. The maximum absolute atomic E-state index is 12.8. The highest BCUT2D eigenvalue weighted by Gasteiger charge is 2.24. The van der Waals surface area contributed by atoms with Crippen LogP contribution in [-0.2, 0) is 21.4 Å². The van der Waals surface area contributed by atoms with Crippen LogP contribution < -0.4 is 9.44 Å². The topological polar surface area (TPSA) is 105 Å². The number of carbonyl (C=O) groups is 2. The van der Waals surface area contributed by atoms with Crippen LogP contribution in [0.1, 0.15) is 61.5 Å². The predicted octanol–water partition coefficient (Wildman–Crippen LogP) is 4.91. The number of rotatable bonds is 9. The van der Waals surface area contributed by atoms with Crippen LogP contribution in [-0.4, -0.2) is 43.9 Å². The van der Waals surface area contributed by atoms with Crippen LogP contribution in [0.2, 0.25) is 0 Å². The minimum atomic E-state index is -3.59. The van der Waals surface area contributed by atoms with Crippen LogP contribution in [0.5, 0.6) is 0 Å². The summed E-state index contributed by atoms with van der Waals surface area (Å²) in [4.78, 5) is 27.1. The van der Waals surface area contributed by atoms with E-state index in [4.69, 9.17) is 4.74 Å². The van der Waals surface area contributed by atoms with Gasteiger partial charge in [-0.2, -0.15) is 8.42 Å². The van der Waals surface area contributed by atoms with Gasteiger partial charge in [0.1, 0.15) is 5.60 Å². The van der Waals surface area contributed by atoms with Gasteiger partial charge >= 0.3 is 16.3 Å². The van der Waals surface area contributed by atoms with Crippen LogP contribution in [0.4, 0.5) is 16.2 Å². The number of amides is 1. The zero-order valence-electron chi connectivity index (χ0n) is 20.2. The number of ketones is 1. The van der Waals surface area contributed by atoms with Crippen molar-refractivity contribution in [1.29, 1.82) is 0 Å². The number of hydrogen-bond acceptors (Lipinski definition) is 5. The van der Waals surface area contributed by atoms with Crippen molar-refractivity contribution in [2.24, 2.45) is 0 Å². The van der Waals surface area contributed by atoms with E-state index in [0.29, 0.717) is 49.3 Å². The molecule has 2 N–H and O–H groups in total. The molecule has 9 heteroatoms. The zero-order chi connectivity index (χ0) is 24.9. The molecule has 0 unspecified atom stereocenters. The number of unbranched alkanes of at least 4 members (excludes halogenated alkanes) is 1. The Bertz CT molecular complexity index is 1160. The van der Waals surface area contributed by atoms with Gasteiger partial charge in [-0.1, -0.05) is 24.3 Å². The first-order chi connectivity index (χ1) is 15.9. The van der Waals surface area contributed by atoms with Gasteiger partial charge in [0.2, 0.25) is 0 Å². The van der Waals surface area contributed by atoms with Crippen molar-refractivity contribution >= 4 is 33.5 Å². The summed E-state index contributed by atoms with van der Waals surface area (Å²) in [5.74, 6) is -0.0716. The molecule has 1 heterocycles. The monoisotopic (exact) mass is 487 g/mol. The smallest absolute Gasteiger partial charge is 0.410 e. The quantitative estimate of drug-likeness (QED) is 0.386. The third kappa shape index (κ3) is 7.21. The second kappa shape index (κ2) is 10.5. The Labute approximate surface area is 201 Å². The van der Waals surface area contributed by atoms with E-state index < -0.39 is 15.8 Å². The number of benzene rings is 2. The average molecular weight is 488 g/mol. The summed E-state index contributed by atoms with van der Waals surface area (Å²) in [6.07, 6.45) is 1.93. The Hall–Kier alpha value is -3.07. The van der Waals surface area contributed by atoms with Gasteiger partial charge < -0.3 is 9.64 Å². The third-order valence-corrected chi connectivity index (χ3v) is 6.45. The summed E-state index contributed by atoms with van der Waals surface area (Å²) < 4.78 is 33.5. The molecule has 1 aliphatic rings. The summed E-state index contributed by atoms with van der Waals surface area (Å²) in [5, 5.41) is 0. The van der Waals surface area contributed by atoms with Gasteiger partial charge in [-0.3, -0.25) is 14.2 Å². The molecule has 0 fully saturated rings. The maximum atomic E-state index is 12.8. The lowest BCUT2D eigenvalue weighted by Crippen LogP contribution is -2.38. The van der Waals surface area contributed by atoms with Crippen LogP contribution in [0.15, 0.2) is 42.5 Å². The van der Waals surface area contributed by atoms with Crippen LogP contribution in [0, 0.1) is 6.92 Å². The minimum absolute atomic E-state index is 0.0716. The first kappa shape index (κ1) is 25.6. The van der Waals surface area contributed by atoms with Crippen LogP contribution in [0.3, 0.4) is 0 Å². The zero-order valence-corrected chi connectivity index (χ0v) is 21.0. The molecule has 0 aliphatic carbocycles. The molecule has 1 amide bonds. The first-order valence-corrected chi connectivity index (χ1v) is 12.9. The molecule has 34 heavy (non-hydrogen) atoms. The first-order valence-electron chi connectivity index (χ1n) is 11.4. The van der Waals surface area contributed by atoms with Crippen molar-refractivity contribution in [3.8, 4) is 0 Å². The van der Waals surface area contributed by atoms with E-state index in [2.05, 4.69) is 28.5 Å². The minimum Gasteiger partial charge on any atom is -0.444 e. The molecular formula is C25H33N3O5S. The number of anilines is 2. The van der Waals surface area contributed by atoms with Crippen molar-refractivity contribution in [1.82, 2.24) is 4.90 Å². The van der Waals surface area contributed by atoms with Gasteiger partial charge in [-0.25, -0.2) is 4.79 Å². The Morgan fingerprint density at radius 2 is 1.68 bits per heavy atom. The number of carbonyl (C=O) groups excluding carboxylic acids is 2. The molecular weight excluding hydrogens is 454 g/mol. The number of ether oxygens (including phenoxy) is 1. The van der Waals surface area contributed by atoms with Gasteiger partial charge in [0.15, 0.2) is 5.78 Å². The second-order valence-electron chi connectivity index (χ2n) is 9.49. The van der Waals surface area contributed by atoms with E-state index in [0.717, 1.165) is 6.42 Å². The highest BCUT2D eigenvalue weighted by molar-refractivity contribution is 7.94. The van der Waals surface area contributed by atoms with Crippen molar-refractivity contribution in [2.45, 2.75) is 59.0 Å². The molecule has 0 atom stereocenters. The van der Waals surface area contributed by atoms with E-state index in [9.17, 15) is 18.0 Å². The fourth-order valence-corrected chi connectivity index (χ4v) is 4.68. The normalized spacial score (nSPS) is 14.0. The molecule has 0 radical (unpaired) electrons. The van der Waals surface area contributed by atoms with E-state index in [1.165, 1.54) is 11.1 Å². The van der Waals surface area contributed by atoms with Gasteiger partial charge in [-0.05, 0) is 76.3 Å². The molecule has 3 rings (SSSR count). The molecule has 2 aromatic carbocycles. The SMILES string of the molecule is Cc1ccccc1CCN(CCCCC(=O)c1ccc2c(c1)NS(=O)(=O)N2)C(=O)OC(C)(C)C. The second-order valence-corrected chi connectivity index (χ2v) is 10.9. The fraction of sp³-hybridized carbons (Fsp3) is 0.440. The lowest BCUT2D eigenvalue weighted by atomic mass is 10.0. The molecule has 0 bridgehead atoms. The number of Topliss-reactive ketones (excluding diaryl/α,β-unsaturated/α-hetero) is 1. The summed E-state index contributed by atoms with van der Waals surface area (Å²) >= 11 is 0. The molecule has 1 aliphatic heterocycles. The van der Waals surface area contributed by atoms with E-state index >= 15 is 0 Å². The van der Waals surface area contributed by atoms with Crippen molar-refractivity contribution in [2.75, 3.05) is 22.5 Å². The predicted molar refractivity (Wildman–Crippen MR) is 133 cm³/mol. The third-order valence-electron chi connectivity index (χ3n) is 5.48. The summed E-state index contributed by atoms with van der Waals surface area (Å²) in [7, 11) is -3.59. The Morgan fingerprint density at radius 3 is 2.38 bits per heavy atom. The lowest BCUT2D eigenvalue weighted by Gasteiger charge is -2.27. The van der Waals surface area contributed by atoms with Crippen molar-refractivity contribution < 1.29 is 22.7 Å². The van der Waals surface area contributed by atoms with Gasteiger partial charge in [0.25, 0.3) is 0 Å². The van der Waals surface area contributed by atoms with Gasteiger partial charge in [-0.15, -0.1) is 0 Å². The number of hydrogen-bond donors (Lipinski definition) is 2. The van der Waals surface area contributed by atoms with Crippen molar-refractivity contribution in [3.63, 3.8) is 0 Å². The summed E-state index contributed by atoms with van der Waals surface area (Å²) in [6, 6.07) is 12.8. The van der Waals surface area contributed by atoms with E-state index in [-0.39, 0.29) is 11.9 Å². The molecule has 0 saturated carbocycles. The molecule has 2 aromatic rings. The number of nitrogens with one attached hydrogen (secondary N) is 2. The molecule has 184 valence electrons. The summed E-state index contributed by atoms with van der Waals surface area (Å²) in [5.41, 5.74) is 3.04. The number of fused-ring (bicyclic) bond motifs is 1. The van der Waals surface area contributed by atoms with E-state index in [1.54, 1.807) is 23.1 Å². The van der Waals surface area contributed by atoms with Crippen LogP contribution in [0.25, 0.3) is 0 Å². The Kier molecular flexibility index (Phi) is 7.86. The standard InChI is InChI=1S/C25H33N3O5S/c1-18-9-5-6-10-19(18)14-16-28(24(30)33-25(2,3)4)15-8-7-11-23(29)20-12-13-21-22(17-20)27-34(31,32)26-21/h5-6,9-10,12-13,17,26-27H,7-8,11,14-16H2,1-4H3. The number of aryl methyl sites for hydroxylation is 1. The highest BCUT2D eigenvalue weighted by Crippen LogP contribution is 2.31. The Balaban J connectivity index is 1.54. The van der Waals surface area contributed by atoms with E-state index in [1.807, 2.05) is 32.9 Å². The van der Waals surface area contributed by atoms with Gasteiger partial charge in [0, 0.05) is 25.1 Å². The molecule has 0 aromatic heterocycles. The lowest BCUT2D eigenvalue weighted by molar-refractivity contribution is 0.0249. The van der Waals surface area contributed by atoms with Gasteiger partial charge in [0.05, 0.1) is 11.4 Å². The average Bonchev–Trinajstić information content (AvgIpc) is 3.05. The largest absolute Gasteiger partial charge is 0.444 e.